The molecule has 0 aromatic heterocycles. The molecule has 3 saturated heterocycles. The second-order valence-corrected chi connectivity index (χ2v) is 7.20. The highest BCUT2D eigenvalue weighted by Crippen LogP contribution is 2.25. The van der Waals surface area contributed by atoms with Gasteiger partial charge in [0.2, 0.25) is 5.91 Å². The van der Waals surface area contributed by atoms with Crippen LogP contribution < -0.4 is 0 Å². The van der Waals surface area contributed by atoms with Crippen molar-refractivity contribution in [1.82, 2.24) is 14.7 Å². The molecule has 3 rings (SSSR count). The Kier molecular flexibility index (Phi) is 5.26. The molecule has 0 aliphatic carbocycles. The molecule has 0 saturated carbocycles. The molecule has 1 unspecified atom stereocenters. The van der Waals surface area contributed by atoms with Gasteiger partial charge in [-0.05, 0) is 38.5 Å². The summed E-state index contributed by atoms with van der Waals surface area (Å²) in [5.74, 6) is -1.23. The van der Waals surface area contributed by atoms with E-state index in [0.717, 1.165) is 32.4 Å². The Morgan fingerprint density at radius 2 is 1.29 bits per heavy atom. The number of carbonyl (C=O) groups excluding carboxylic acids is 2. The molecule has 24 heavy (non-hydrogen) atoms. The zero-order valence-corrected chi connectivity index (χ0v) is 14.2. The summed E-state index contributed by atoms with van der Waals surface area (Å²) in [5.41, 5.74) is 0. The van der Waals surface area contributed by atoms with Gasteiger partial charge in [0, 0.05) is 45.2 Å². The topological polar surface area (TPSA) is 81.2 Å². The van der Waals surface area contributed by atoms with Gasteiger partial charge in [-0.3, -0.25) is 9.59 Å². The number of carboxylic acid groups (broad SMARTS) is 1. The van der Waals surface area contributed by atoms with E-state index in [-0.39, 0.29) is 17.9 Å². The normalized spacial score (nSPS) is 25.8. The monoisotopic (exact) mass is 337 g/mol. The lowest BCUT2D eigenvalue weighted by Gasteiger charge is -2.37. The molecular formula is C17H27N3O4. The average Bonchev–Trinajstić information content (AvgIpc) is 3.15. The molecule has 7 heteroatoms. The molecule has 3 amide bonds. The van der Waals surface area contributed by atoms with E-state index < -0.39 is 11.9 Å². The number of nitrogens with zero attached hydrogens (tertiary/aromatic N) is 3. The molecular weight excluding hydrogens is 310 g/mol. The van der Waals surface area contributed by atoms with Crippen LogP contribution in [0.15, 0.2) is 0 Å². The third kappa shape index (κ3) is 3.65. The lowest BCUT2D eigenvalue weighted by molar-refractivity contribution is -0.147. The number of rotatable bonds is 2. The maximum atomic E-state index is 12.7. The van der Waals surface area contributed by atoms with Crippen molar-refractivity contribution in [1.29, 1.82) is 0 Å². The molecule has 7 nitrogen and oxygen atoms in total. The number of carboxylic acids is 1. The lowest BCUT2D eigenvalue weighted by atomic mass is 9.92. The fourth-order valence-electron chi connectivity index (χ4n) is 4.06. The quantitative estimate of drug-likeness (QED) is 0.822. The van der Waals surface area contributed by atoms with E-state index in [9.17, 15) is 14.4 Å². The number of carbonyl (C=O) groups is 3. The smallest absolute Gasteiger partial charge is 0.319 e. The van der Waals surface area contributed by atoms with Gasteiger partial charge in [-0.2, -0.15) is 0 Å². The fourth-order valence-corrected chi connectivity index (χ4v) is 4.06. The van der Waals surface area contributed by atoms with Crippen molar-refractivity contribution >= 4 is 17.9 Å². The maximum Gasteiger partial charge on any atom is 0.319 e. The summed E-state index contributed by atoms with van der Waals surface area (Å²) in [6, 6.07) is 0.113. The number of piperidine rings is 2. The minimum atomic E-state index is -0.807. The van der Waals surface area contributed by atoms with Gasteiger partial charge in [-0.25, -0.2) is 4.79 Å². The third-order valence-corrected chi connectivity index (χ3v) is 5.57. The summed E-state index contributed by atoms with van der Waals surface area (Å²) in [6.07, 6.45) is 4.96. The largest absolute Gasteiger partial charge is 0.481 e. The summed E-state index contributed by atoms with van der Waals surface area (Å²) < 4.78 is 0. The lowest BCUT2D eigenvalue weighted by Crippen LogP contribution is -2.50. The molecule has 3 fully saturated rings. The van der Waals surface area contributed by atoms with E-state index in [0.29, 0.717) is 45.4 Å². The Balaban J connectivity index is 1.49. The van der Waals surface area contributed by atoms with Crippen molar-refractivity contribution in [2.75, 3.05) is 39.3 Å². The molecule has 0 aromatic carbocycles. The number of urea groups is 1. The van der Waals surface area contributed by atoms with Gasteiger partial charge in [0.05, 0.1) is 5.92 Å². The Bertz CT molecular complexity index is 496. The molecule has 3 aliphatic heterocycles. The summed E-state index contributed by atoms with van der Waals surface area (Å²) >= 11 is 0. The van der Waals surface area contributed by atoms with Crippen LogP contribution in [0.5, 0.6) is 0 Å². The maximum absolute atomic E-state index is 12.7. The Labute approximate surface area is 142 Å². The van der Waals surface area contributed by atoms with Gasteiger partial charge in [-0.15, -0.1) is 0 Å². The minimum absolute atomic E-state index is 0.0693. The van der Waals surface area contributed by atoms with Crippen LogP contribution in [-0.4, -0.2) is 77.0 Å². The van der Waals surface area contributed by atoms with Crippen molar-refractivity contribution in [3.05, 3.63) is 0 Å². The van der Waals surface area contributed by atoms with Gasteiger partial charge in [0.1, 0.15) is 0 Å². The standard InChI is InChI=1S/C17H27N3O4/c21-15(20-9-3-4-14(12-20)16(22)23)13-5-10-19(11-6-13)17(24)18-7-1-2-8-18/h13-14H,1-12H2,(H,22,23). The predicted octanol–water partition coefficient (Wildman–Crippen LogP) is 1.24. The summed E-state index contributed by atoms with van der Waals surface area (Å²) in [7, 11) is 0. The van der Waals surface area contributed by atoms with E-state index in [1.165, 1.54) is 0 Å². The molecule has 0 spiro atoms. The first-order valence-electron chi connectivity index (χ1n) is 9.11. The van der Waals surface area contributed by atoms with Crippen molar-refractivity contribution in [3.63, 3.8) is 0 Å². The van der Waals surface area contributed by atoms with Crippen molar-refractivity contribution in [2.24, 2.45) is 11.8 Å². The SMILES string of the molecule is O=C(O)C1CCCN(C(=O)C2CCN(C(=O)N3CCCC3)CC2)C1. The first kappa shape index (κ1) is 17.0. The van der Waals surface area contributed by atoms with Crippen molar-refractivity contribution in [3.8, 4) is 0 Å². The van der Waals surface area contributed by atoms with Crippen LogP contribution in [0.1, 0.15) is 38.5 Å². The number of likely N-dealkylation sites (tertiary alicyclic amines) is 3. The summed E-state index contributed by atoms with van der Waals surface area (Å²) in [5, 5.41) is 9.16. The highest BCUT2D eigenvalue weighted by atomic mass is 16.4. The molecule has 0 bridgehead atoms. The highest BCUT2D eigenvalue weighted by molar-refractivity contribution is 5.81. The Morgan fingerprint density at radius 3 is 1.92 bits per heavy atom. The molecule has 1 atom stereocenters. The minimum Gasteiger partial charge on any atom is -0.481 e. The second kappa shape index (κ2) is 7.40. The average molecular weight is 337 g/mol. The van der Waals surface area contributed by atoms with Crippen LogP contribution in [0, 0.1) is 11.8 Å². The second-order valence-electron chi connectivity index (χ2n) is 7.20. The molecule has 0 aromatic rings. The molecule has 3 heterocycles. The van der Waals surface area contributed by atoms with Crippen LogP contribution >= 0.6 is 0 Å². The molecule has 0 radical (unpaired) electrons. The first-order chi connectivity index (χ1) is 11.6. The van der Waals surface area contributed by atoms with E-state index in [4.69, 9.17) is 5.11 Å². The van der Waals surface area contributed by atoms with Crippen molar-refractivity contribution in [2.45, 2.75) is 38.5 Å². The first-order valence-corrected chi connectivity index (χ1v) is 9.11. The number of aliphatic carboxylic acids is 1. The van der Waals surface area contributed by atoms with Crippen molar-refractivity contribution < 1.29 is 19.5 Å². The van der Waals surface area contributed by atoms with Gasteiger partial charge in [0.15, 0.2) is 0 Å². The molecule has 134 valence electrons. The van der Waals surface area contributed by atoms with Crippen LogP contribution in [-0.2, 0) is 9.59 Å². The van der Waals surface area contributed by atoms with Gasteiger partial charge in [-0.1, -0.05) is 0 Å². The zero-order chi connectivity index (χ0) is 17.1. The highest BCUT2D eigenvalue weighted by Gasteiger charge is 2.35. The fraction of sp³-hybridized carbons (Fsp3) is 0.824. The molecule has 1 N–H and O–H groups in total. The third-order valence-electron chi connectivity index (χ3n) is 5.57. The number of hydrogen-bond donors (Lipinski definition) is 1. The van der Waals surface area contributed by atoms with E-state index in [1.54, 1.807) is 4.90 Å². The predicted molar refractivity (Wildman–Crippen MR) is 87.4 cm³/mol. The summed E-state index contributed by atoms with van der Waals surface area (Å²) in [6.45, 7) is 3.95. The van der Waals surface area contributed by atoms with Crippen LogP contribution in [0.25, 0.3) is 0 Å². The van der Waals surface area contributed by atoms with Crippen LogP contribution in [0.4, 0.5) is 4.79 Å². The Morgan fingerprint density at radius 1 is 0.708 bits per heavy atom. The van der Waals surface area contributed by atoms with E-state index >= 15 is 0 Å². The van der Waals surface area contributed by atoms with Gasteiger partial charge < -0.3 is 19.8 Å². The summed E-state index contributed by atoms with van der Waals surface area (Å²) in [4.78, 5) is 41.7. The Hall–Kier alpha value is -1.79. The van der Waals surface area contributed by atoms with Gasteiger partial charge >= 0.3 is 12.0 Å². The van der Waals surface area contributed by atoms with Crippen LogP contribution in [0.3, 0.4) is 0 Å². The van der Waals surface area contributed by atoms with Gasteiger partial charge in [0.25, 0.3) is 0 Å². The zero-order valence-electron chi connectivity index (χ0n) is 14.2. The van der Waals surface area contributed by atoms with Crippen LogP contribution in [0.2, 0.25) is 0 Å². The van der Waals surface area contributed by atoms with E-state index in [2.05, 4.69) is 0 Å². The number of amides is 3. The van der Waals surface area contributed by atoms with E-state index in [1.807, 2.05) is 9.80 Å². The molecule has 3 aliphatic rings. The number of hydrogen-bond acceptors (Lipinski definition) is 3.